The minimum absolute atomic E-state index is 0.188. The molecule has 0 spiro atoms. The van der Waals surface area contributed by atoms with Crippen molar-refractivity contribution < 1.29 is 4.79 Å². The standard InChI is InChI=1S/C14H12Cl2N2O2/c1-18(8-9-2-4-11(15)12(16)6-9)14(20)10-3-5-13(19)17-7-10/h2-7H,8H2,1H3,(H,17,19). The van der Waals surface area contributed by atoms with E-state index in [0.717, 1.165) is 5.56 Å². The second-order valence-electron chi connectivity index (χ2n) is 4.35. The molecule has 1 aromatic heterocycles. The third-order valence-corrected chi connectivity index (χ3v) is 3.52. The van der Waals surface area contributed by atoms with Crippen molar-refractivity contribution in [3.63, 3.8) is 0 Å². The molecule has 104 valence electrons. The predicted octanol–water partition coefficient (Wildman–Crippen LogP) is 2.95. The molecule has 4 nitrogen and oxygen atoms in total. The maximum Gasteiger partial charge on any atom is 0.255 e. The lowest BCUT2D eigenvalue weighted by atomic mass is 10.2. The van der Waals surface area contributed by atoms with Gasteiger partial charge in [-0.2, -0.15) is 0 Å². The SMILES string of the molecule is CN(Cc1ccc(Cl)c(Cl)c1)C(=O)c1ccc(=O)[nH]c1. The Balaban J connectivity index is 2.12. The minimum Gasteiger partial charge on any atom is -0.337 e. The summed E-state index contributed by atoms with van der Waals surface area (Å²) in [4.78, 5) is 27.1. The summed E-state index contributed by atoms with van der Waals surface area (Å²) in [6.45, 7) is 0.398. The number of hydrogen-bond acceptors (Lipinski definition) is 2. The Bertz CT molecular complexity index is 677. The quantitative estimate of drug-likeness (QED) is 0.947. The van der Waals surface area contributed by atoms with E-state index in [2.05, 4.69) is 4.98 Å². The van der Waals surface area contributed by atoms with Crippen molar-refractivity contribution in [3.8, 4) is 0 Å². The third kappa shape index (κ3) is 3.40. The highest BCUT2D eigenvalue weighted by Crippen LogP contribution is 2.23. The maximum absolute atomic E-state index is 12.2. The van der Waals surface area contributed by atoms with Gasteiger partial charge in [-0.3, -0.25) is 9.59 Å². The van der Waals surface area contributed by atoms with E-state index < -0.39 is 0 Å². The lowest BCUT2D eigenvalue weighted by Crippen LogP contribution is -2.26. The van der Waals surface area contributed by atoms with Crippen LogP contribution in [0.4, 0.5) is 0 Å². The van der Waals surface area contributed by atoms with Gasteiger partial charge in [-0.05, 0) is 23.8 Å². The summed E-state index contributed by atoms with van der Waals surface area (Å²) < 4.78 is 0. The molecule has 0 aliphatic carbocycles. The van der Waals surface area contributed by atoms with Crippen molar-refractivity contribution >= 4 is 29.1 Å². The number of nitrogens with zero attached hydrogens (tertiary/aromatic N) is 1. The van der Waals surface area contributed by atoms with Crippen molar-refractivity contribution in [2.75, 3.05) is 7.05 Å². The Morgan fingerprint density at radius 3 is 2.55 bits per heavy atom. The number of H-pyrrole nitrogens is 1. The predicted molar refractivity (Wildman–Crippen MR) is 79.3 cm³/mol. The molecule has 6 heteroatoms. The van der Waals surface area contributed by atoms with Crippen LogP contribution >= 0.6 is 23.2 Å². The molecule has 0 aliphatic rings. The summed E-state index contributed by atoms with van der Waals surface area (Å²) in [5, 5.41) is 0.930. The van der Waals surface area contributed by atoms with Gasteiger partial charge in [-0.1, -0.05) is 29.3 Å². The van der Waals surface area contributed by atoms with Crippen LogP contribution in [-0.2, 0) is 6.54 Å². The van der Waals surface area contributed by atoms with Crippen molar-refractivity contribution in [1.82, 2.24) is 9.88 Å². The van der Waals surface area contributed by atoms with E-state index in [9.17, 15) is 9.59 Å². The summed E-state index contributed by atoms with van der Waals surface area (Å²) in [5.74, 6) is -0.188. The number of carbonyl (C=O) groups excluding carboxylic acids is 1. The normalized spacial score (nSPS) is 10.3. The van der Waals surface area contributed by atoms with Crippen LogP contribution in [0.3, 0.4) is 0 Å². The number of carbonyl (C=O) groups is 1. The van der Waals surface area contributed by atoms with Crippen molar-refractivity contribution in [2.24, 2.45) is 0 Å². The van der Waals surface area contributed by atoms with E-state index >= 15 is 0 Å². The third-order valence-electron chi connectivity index (χ3n) is 2.78. The molecule has 1 amide bonds. The van der Waals surface area contributed by atoms with Crippen LogP contribution in [0.5, 0.6) is 0 Å². The van der Waals surface area contributed by atoms with Gasteiger partial charge in [0.25, 0.3) is 5.91 Å². The van der Waals surface area contributed by atoms with Gasteiger partial charge in [-0.25, -0.2) is 0 Å². The summed E-state index contributed by atoms with van der Waals surface area (Å²) >= 11 is 11.8. The number of aromatic nitrogens is 1. The zero-order valence-electron chi connectivity index (χ0n) is 10.7. The number of benzene rings is 1. The first-order valence-corrected chi connectivity index (χ1v) is 6.61. The van der Waals surface area contributed by atoms with E-state index in [1.165, 1.54) is 23.2 Å². The summed E-state index contributed by atoms with van der Waals surface area (Å²) in [6.07, 6.45) is 1.40. The average molecular weight is 311 g/mol. The molecule has 0 aliphatic heterocycles. The number of hydrogen-bond donors (Lipinski definition) is 1. The Morgan fingerprint density at radius 2 is 1.95 bits per heavy atom. The molecule has 1 N–H and O–H groups in total. The maximum atomic E-state index is 12.2. The monoisotopic (exact) mass is 310 g/mol. The second kappa shape index (κ2) is 6.11. The number of nitrogens with one attached hydrogen (secondary N) is 1. The molecule has 0 fully saturated rings. The lowest BCUT2D eigenvalue weighted by molar-refractivity contribution is 0.0784. The zero-order chi connectivity index (χ0) is 14.7. The topological polar surface area (TPSA) is 53.2 Å². The Hall–Kier alpha value is -1.78. The number of rotatable bonds is 3. The highest BCUT2D eigenvalue weighted by Gasteiger charge is 2.12. The van der Waals surface area contributed by atoms with Crippen LogP contribution in [0.25, 0.3) is 0 Å². The molecular weight excluding hydrogens is 299 g/mol. The number of amides is 1. The van der Waals surface area contributed by atoms with Crippen LogP contribution in [-0.4, -0.2) is 22.8 Å². The first-order valence-electron chi connectivity index (χ1n) is 5.85. The largest absolute Gasteiger partial charge is 0.337 e. The average Bonchev–Trinajstić information content (AvgIpc) is 2.43. The molecule has 0 bridgehead atoms. The summed E-state index contributed by atoms with van der Waals surface area (Å²) in [5.41, 5.74) is 1.06. The van der Waals surface area contributed by atoms with Gasteiger partial charge < -0.3 is 9.88 Å². The van der Waals surface area contributed by atoms with Crippen molar-refractivity contribution in [3.05, 3.63) is 68.1 Å². The van der Waals surface area contributed by atoms with Gasteiger partial charge in [0.2, 0.25) is 5.56 Å². The first-order chi connectivity index (χ1) is 9.47. The fraction of sp³-hybridized carbons (Fsp3) is 0.143. The van der Waals surface area contributed by atoms with Gasteiger partial charge in [0.15, 0.2) is 0 Å². The molecule has 2 aromatic rings. The second-order valence-corrected chi connectivity index (χ2v) is 5.17. The smallest absolute Gasteiger partial charge is 0.255 e. The molecule has 1 heterocycles. The van der Waals surface area contributed by atoms with Gasteiger partial charge in [0.05, 0.1) is 15.6 Å². The van der Waals surface area contributed by atoms with Crippen molar-refractivity contribution in [2.45, 2.75) is 6.54 Å². The lowest BCUT2D eigenvalue weighted by Gasteiger charge is -2.17. The van der Waals surface area contributed by atoms with Gasteiger partial charge in [-0.15, -0.1) is 0 Å². The first kappa shape index (κ1) is 14.6. The minimum atomic E-state index is -0.242. The van der Waals surface area contributed by atoms with E-state index in [4.69, 9.17) is 23.2 Å². The number of aromatic amines is 1. The van der Waals surface area contributed by atoms with Gasteiger partial charge in [0, 0.05) is 25.9 Å². The molecule has 0 saturated carbocycles. The number of halogens is 2. The molecule has 2 rings (SSSR count). The highest BCUT2D eigenvalue weighted by atomic mass is 35.5. The molecular formula is C14H12Cl2N2O2. The van der Waals surface area contributed by atoms with Crippen molar-refractivity contribution in [1.29, 1.82) is 0 Å². The van der Waals surface area contributed by atoms with E-state index in [1.807, 2.05) is 6.07 Å². The van der Waals surface area contributed by atoms with Crippen LogP contribution in [0.2, 0.25) is 10.0 Å². The molecule has 0 saturated heterocycles. The van der Waals surface area contributed by atoms with Gasteiger partial charge in [0.1, 0.15) is 0 Å². The number of pyridine rings is 1. The molecule has 1 aromatic carbocycles. The summed E-state index contributed by atoms with van der Waals surface area (Å²) in [6, 6.07) is 8.04. The van der Waals surface area contributed by atoms with Crippen LogP contribution < -0.4 is 5.56 Å². The molecule has 20 heavy (non-hydrogen) atoms. The summed E-state index contributed by atoms with van der Waals surface area (Å²) in [7, 11) is 1.68. The zero-order valence-corrected chi connectivity index (χ0v) is 12.2. The van der Waals surface area contributed by atoms with Gasteiger partial charge >= 0.3 is 0 Å². The van der Waals surface area contributed by atoms with E-state index in [1.54, 1.807) is 19.2 Å². The molecule has 0 unspecified atom stereocenters. The molecule has 0 radical (unpaired) electrons. The van der Waals surface area contributed by atoms with Crippen LogP contribution in [0.1, 0.15) is 15.9 Å². The van der Waals surface area contributed by atoms with Crippen LogP contribution in [0, 0.1) is 0 Å². The van der Waals surface area contributed by atoms with E-state index in [-0.39, 0.29) is 11.5 Å². The molecule has 0 atom stereocenters. The Labute approximate surface area is 125 Å². The van der Waals surface area contributed by atoms with Crippen LogP contribution in [0.15, 0.2) is 41.3 Å². The van der Waals surface area contributed by atoms with E-state index in [0.29, 0.717) is 22.2 Å². The Kier molecular flexibility index (Phi) is 4.47. The Morgan fingerprint density at radius 1 is 1.20 bits per heavy atom. The fourth-order valence-corrected chi connectivity index (χ4v) is 2.07. The fourth-order valence-electron chi connectivity index (χ4n) is 1.75. The highest BCUT2D eigenvalue weighted by molar-refractivity contribution is 6.42.